The Morgan fingerprint density at radius 2 is 1.90 bits per heavy atom. The van der Waals surface area contributed by atoms with Crippen LogP contribution in [0.2, 0.25) is 0 Å². The fourth-order valence-electron chi connectivity index (χ4n) is 2.72. The molecule has 4 nitrogen and oxygen atoms in total. The van der Waals surface area contributed by atoms with Gasteiger partial charge in [0.25, 0.3) is 0 Å². The van der Waals surface area contributed by atoms with Crippen LogP contribution in [0.3, 0.4) is 0 Å². The molecule has 1 unspecified atom stereocenters. The minimum Gasteiger partial charge on any atom is -0.486 e. The maximum atomic E-state index is 10.5. The Labute approximate surface area is 126 Å². The maximum Gasteiger partial charge on any atom is 0.161 e. The molecule has 0 radical (unpaired) electrons. The molecular formula is C17H25NO3. The molecule has 4 heteroatoms. The highest BCUT2D eigenvalue weighted by Gasteiger charge is 2.27. The first-order chi connectivity index (χ1) is 10.1. The third-order valence-corrected chi connectivity index (χ3v) is 4.28. The number of rotatable bonds is 6. The molecule has 0 aromatic heterocycles. The predicted octanol–water partition coefficient (Wildman–Crippen LogP) is 2.61. The predicted molar refractivity (Wildman–Crippen MR) is 81.8 cm³/mol. The molecule has 1 heterocycles. The summed E-state index contributed by atoms with van der Waals surface area (Å²) in [5, 5.41) is 10.5. The number of ether oxygens (including phenoxy) is 2. The number of aliphatic hydroxyl groups excluding tert-OH is 1. The van der Waals surface area contributed by atoms with Gasteiger partial charge in [0.15, 0.2) is 11.5 Å². The van der Waals surface area contributed by atoms with E-state index in [-0.39, 0.29) is 0 Å². The molecule has 1 aliphatic carbocycles. The lowest BCUT2D eigenvalue weighted by atomic mass is 10.1. The van der Waals surface area contributed by atoms with E-state index in [0.29, 0.717) is 25.8 Å². The Kier molecular flexibility index (Phi) is 4.36. The average Bonchev–Trinajstić information content (AvgIpc) is 3.30. The first-order valence-corrected chi connectivity index (χ1v) is 7.95. The smallest absolute Gasteiger partial charge is 0.161 e. The lowest BCUT2D eigenvalue weighted by Gasteiger charge is -2.29. The zero-order valence-electron chi connectivity index (χ0n) is 12.9. The van der Waals surface area contributed by atoms with Crippen molar-refractivity contribution in [3.8, 4) is 11.5 Å². The second kappa shape index (κ2) is 6.24. The molecule has 1 fully saturated rings. The summed E-state index contributed by atoms with van der Waals surface area (Å²) in [4.78, 5) is 2.37. The van der Waals surface area contributed by atoms with Crippen molar-refractivity contribution in [1.82, 2.24) is 4.90 Å². The van der Waals surface area contributed by atoms with Crippen molar-refractivity contribution in [2.45, 2.75) is 38.8 Å². The van der Waals surface area contributed by atoms with Gasteiger partial charge in [0.1, 0.15) is 13.2 Å². The molecular weight excluding hydrogens is 266 g/mol. The van der Waals surface area contributed by atoms with Gasteiger partial charge in [-0.1, -0.05) is 6.07 Å². The molecule has 0 bridgehead atoms. The van der Waals surface area contributed by atoms with Gasteiger partial charge in [-0.3, -0.25) is 4.90 Å². The Morgan fingerprint density at radius 3 is 2.57 bits per heavy atom. The largest absolute Gasteiger partial charge is 0.486 e. The molecule has 1 aliphatic heterocycles. The molecule has 1 aromatic rings. The van der Waals surface area contributed by atoms with E-state index in [2.05, 4.69) is 18.7 Å². The number of benzene rings is 1. The highest BCUT2D eigenvalue weighted by atomic mass is 16.6. The van der Waals surface area contributed by atoms with E-state index in [1.165, 1.54) is 12.8 Å². The van der Waals surface area contributed by atoms with Crippen molar-refractivity contribution < 1.29 is 14.6 Å². The summed E-state index contributed by atoms with van der Waals surface area (Å²) >= 11 is 0. The molecule has 1 atom stereocenters. The van der Waals surface area contributed by atoms with Crippen molar-refractivity contribution in [2.75, 3.05) is 26.3 Å². The quantitative estimate of drug-likeness (QED) is 0.875. The first kappa shape index (κ1) is 14.7. The second-order valence-electron chi connectivity index (χ2n) is 6.41. The van der Waals surface area contributed by atoms with E-state index in [1.54, 1.807) is 0 Å². The molecule has 1 N–H and O–H groups in total. The van der Waals surface area contributed by atoms with Gasteiger partial charge in [0, 0.05) is 19.1 Å². The standard InChI is InChI=1S/C17H25NO3/c1-12(2)18(10-13-3-4-13)11-15(19)14-5-6-16-17(9-14)21-8-7-20-16/h5-6,9,12-13,15,19H,3-4,7-8,10-11H2,1-2H3. The second-order valence-corrected chi connectivity index (χ2v) is 6.41. The third-order valence-electron chi connectivity index (χ3n) is 4.28. The van der Waals surface area contributed by atoms with E-state index in [4.69, 9.17) is 9.47 Å². The number of nitrogens with zero attached hydrogens (tertiary/aromatic N) is 1. The van der Waals surface area contributed by atoms with Crippen LogP contribution >= 0.6 is 0 Å². The lowest BCUT2D eigenvalue weighted by molar-refractivity contribution is 0.0917. The van der Waals surface area contributed by atoms with E-state index >= 15 is 0 Å². The summed E-state index contributed by atoms with van der Waals surface area (Å²) in [7, 11) is 0. The zero-order valence-corrected chi connectivity index (χ0v) is 12.9. The summed E-state index contributed by atoms with van der Waals surface area (Å²) in [5.41, 5.74) is 0.903. The molecule has 0 amide bonds. The lowest BCUT2D eigenvalue weighted by Crippen LogP contribution is -2.36. The normalized spacial score (nSPS) is 19.1. The van der Waals surface area contributed by atoms with Crippen LogP contribution in [0.25, 0.3) is 0 Å². The minimum absolute atomic E-state index is 0.456. The third kappa shape index (κ3) is 3.69. The van der Waals surface area contributed by atoms with Crippen molar-refractivity contribution >= 4 is 0 Å². The Bertz CT molecular complexity index is 485. The van der Waals surface area contributed by atoms with Crippen LogP contribution in [-0.4, -0.2) is 42.4 Å². The van der Waals surface area contributed by atoms with Crippen molar-refractivity contribution in [2.24, 2.45) is 5.92 Å². The van der Waals surface area contributed by atoms with Crippen LogP contribution in [0.4, 0.5) is 0 Å². The highest BCUT2D eigenvalue weighted by Crippen LogP contribution is 2.34. The minimum atomic E-state index is -0.484. The van der Waals surface area contributed by atoms with Gasteiger partial charge in [0.2, 0.25) is 0 Å². The topological polar surface area (TPSA) is 41.9 Å². The molecule has 1 saturated carbocycles. The van der Waals surface area contributed by atoms with E-state index in [9.17, 15) is 5.11 Å². The first-order valence-electron chi connectivity index (χ1n) is 7.95. The van der Waals surface area contributed by atoms with Crippen LogP contribution in [0.15, 0.2) is 18.2 Å². The zero-order chi connectivity index (χ0) is 14.8. The van der Waals surface area contributed by atoms with E-state index < -0.39 is 6.10 Å². The van der Waals surface area contributed by atoms with Gasteiger partial charge in [-0.2, -0.15) is 0 Å². The van der Waals surface area contributed by atoms with Gasteiger partial charge < -0.3 is 14.6 Å². The van der Waals surface area contributed by atoms with Crippen molar-refractivity contribution in [3.63, 3.8) is 0 Å². The van der Waals surface area contributed by atoms with E-state index in [1.807, 2.05) is 18.2 Å². The van der Waals surface area contributed by atoms with Crippen LogP contribution in [-0.2, 0) is 0 Å². The van der Waals surface area contributed by atoms with Gasteiger partial charge in [0.05, 0.1) is 6.10 Å². The summed E-state index contributed by atoms with van der Waals surface area (Å²) in [5.74, 6) is 2.35. The summed E-state index contributed by atoms with van der Waals surface area (Å²) in [6.07, 6.45) is 2.19. The van der Waals surface area contributed by atoms with Crippen LogP contribution in [0, 0.1) is 5.92 Å². The molecule has 116 valence electrons. The van der Waals surface area contributed by atoms with Gasteiger partial charge >= 0.3 is 0 Å². The molecule has 21 heavy (non-hydrogen) atoms. The number of hydrogen-bond acceptors (Lipinski definition) is 4. The molecule has 0 spiro atoms. The Hall–Kier alpha value is -1.26. The summed E-state index contributed by atoms with van der Waals surface area (Å²) < 4.78 is 11.1. The molecule has 2 aliphatic rings. The number of hydrogen-bond donors (Lipinski definition) is 1. The van der Waals surface area contributed by atoms with Gasteiger partial charge in [-0.05, 0) is 50.3 Å². The monoisotopic (exact) mass is 291 g/mol. The van der Waals surface area contributed by atoms with E-state index in [0.717, 1.165) is 29.5 Å². The average molecular weight is 291 g/mol. The number of fused-ring (bicyclic) bond motifs is 1. The summed E-state index contributed by atoms with van der Waals surface area (Å²) in [6.45, 7) is 7.33. The van der Waals surface area contributed by atoms with Crippen LogP contribution in [0.1, 0.15) is 38.4 Å². The maximum absolute atomic E-state index is 10.5. The van der Waals surface area contributed by atoms with Crippen molar-refractivity contribution in [3.05, 3.63) is 23.8 Å². The Balaban J connectivity index is 1.67. The van der Waals surface area contributed by atoms with Crippen LogP contribution in [0.5, 0.6) is 11.5 Å². The van der Waals surface area contributed by atoms with Gasteiger partial charge in [-0.15, -0.1) is 0 Å². The molecule has 1 aromatic carbocycles. The Morgan fingerprint density at radius 1 is 1.19 bits per heavy atom. The molecule has 3 rings (SSSR count). The number of aliphatic hydroxyl groups is 1. The molecule has 0 saturated heterocycles. The van der Waals surface area contributed by atoms with Crippen LogP contribution < -0.4 is 9.47 Å². The summed E-state index contributed by atoms with van der Waals surface area (Å²) in [6, 6.07) is 6.20. The highest BCUT2D eigenvalue weighted by molar-refractivity contribution is 5.44. The fraction of sp³-hybridized carbons (Fsp3) is 0.647. The van der Waals surface area contributed by atoms with Gasteiger partial charge in [-0.25, -0.2) is 0 Å². The fourth-order valence-corrected chi connectivity index (χ4v) is 2.72. The van der Waals surface area contributed by atoms with Crippen molar-refractivity contribution in [1.29, 1.82) is 0 Å². The SMILES string of the molecule is CC(C)N(CC1CC1)CC(O)c1ccc2c(c1)OCCO2.